The SMILES string of the molecule is Cc1cnc(CNc2cnc(C(N)=S)cn2)o1. The van der Waals surface area contributed by atoms with Crippen LogP contribution in [0.2, 0.25) is 0 Å². The highest BCUT2D eigenvalue weighted by molar-refractivity contribution is 7.80. The summed E-state index contributed by atoms with van der Waals surface area (Å²) in [5.41, 5.74) is 5.91. The Morgan fingerprint density at radius 3 is 2.71 bits per heavy atom. The summed E-state index contributed by atoms with van der Waals surface area (Å²) in [4.78, 5) is 12.5. The van der Waals surface area contributed by atoms with E-state index < -0.39 is 0 Å². The van der Waals surface area contributed by atoms with Crippen molar-refractivity contribution in [1.82, 2.24) is 15.0 Å². The summed E-state index contributed by atoms with van der Waals surface area (Å²) in [7, 11) is 0. The third kappa shape index (κ3) is 2.97. The minimum Gasteiger partial charge on any atom is -0.444 e. The van der Waals surface area contributed by atoms with E-state index in [1.807, 2.05) is 6.92 Å². The monoisotopic (exact) mass is 249 g/mol. The van der Waals surface area contributed by atoms with Crippen molar-refractivity contribution in [2.45, 2.75) is 13.5 Å². The summed E-state index contributed by atoms with van der Waals surface area (Å²) in [6.07, 6.45) is 4.74. The van der Waals surface area contributed by atoms with Gasteiger partial charge in [-0.3, -0.25) is 0 Å². The molecule has 0 aliphatic rings. The first-order valence-corrected chi connectivity index (χ1v) is 5.33. The average Bonchev–Trinajstić information content (AvgIpc) is 2.73. The van der Waals surface area contributed by atoms with Crippen molar-refractivity contribution in [3.05, 3.63) is 35.9 Å². The van der Waals surface area contributed by atoms with Gasteiger partial charge in [0.25, 0.3) is 0 Å². The molecule has 0 bridgehead atoms. The van der Waals surface area contributed by atoms with Crippen LogP contribution in [-0.4, -0.2) is 19.9 Å². The molecule has 0 radical (unpaired) electrons. The van der Waals surface area contributed by atoms with Gasteiger partial charge < -0.3 is 15.5 Å². The molecule has 0 aliphatic carbocycles. The number of aromatic nitrogens is 3. The molecule has 0 unspecified atom stereocenters. The summed E-state index contributed by atoms with van der Waals surface area (Å²) < 4.78 is 5.30. The Labute approximate surface area is 103 Å². The van der Waals surface area contributed by atoms with E-state index in [0.717, 1.165) is 5.76 Å². The zero-order valence-electron chi connectivity index (χ0n) is 9.17. The number of oxazole rings is 1. The molecule has 6 nitrogen and oxygen atoms in total. The third-order valence-electron chi connectivity index (χ3n) is 1.99. The van der Waals surface area contributed by atoms with Gasteiger partial charge in [0.1, 0.15) is 22.3 Å². The molecule has 0 saturated carbocycles. The second kappa shape index (κ2) is 4.88. The molecule has 0 aromatic carbocycles. The van der Waals surface area contributed by atoms with Crippen LogP contribution in [0, 0.1) is 6.92 Å². The third-order valence-corrected chi connectivity index (χ3v) is 2.20. The van der Waals surface area contributed by atoms with Gasteiger partial charge in [-0.25, -0.2) is 15.0 Å². The highest BCUT2D eigenvalue weighted by Crippen LogP contribution is 2.06. The molecule has 3 N–H and O–H groups in total. The summed E-state index contributed by atoms with van der Waals surface area (Å²) in [6.45, 7) is 2.29. The molecule has 2 heterocycles. The van der Waals surface area contributed by atoms with Crippen molar-refractivity contribution in [2.24, 2.45) is 5.73 Å². The van der Waals surface area contributed by atoms with Crippen LogP contribution >= 0.6 is 12.2 Å². The molecule has 0 amide bonds. The largest absolute Gasteiger partial charge is 0.444 e. The lowest BCUT2D eigenvalue weighted by Gasteiger charge is -2.02. The lowest BCUT2D eigenvalue weighted by atomic mass is 10.4. The van der Waals surface area contributed by atoms with Gasteiger partial charge in [-0.2, -0.15) is 0 Å². The first-order chi connectivity index (χ1) is 8.15. The Morgan fingerprint density at radius 1 is 1.35 bits per heavy atom. The van der Waals surface area contributed by atoms with Crippen LogP contribution < -0.4 is 11.1 Å². The second-order valence-electron chi connectivity index (χ2n) is 3.37. The number of hydrogen-bond donors (Lipinski definition) is 2. The zero-order valence-corrected chi connectivity index (χ0v) is 9.99. The molecule has 17 heavy (non-hydrogen) atoms. The Bertz CT molecular complexity index is 522. The maximum Gasteiger partial charge on any atom is 0.213 e. The van der Waals surface area contributed by atoms with Crippen molar-refractivity contribution in [3.8, 4) is 0 Å². The zero-order chi connectivity index (χ0) is 12.3. The first-order valence-electron chi connectivity index (χ1n) is 4.92. The van der Waals surface area contributed by atoms with Crippen molar-refractivity contribution < 1.29 is 4.42 Å². The van der Waals surface area contributed by atoms with E-state index in [4.69, 9.17) is 22.4 Å². The normalized spacial score (nSPS) is 10.2. The van der Waals surface area contributed by atoms with E-state index in [9.17, 15) is 0 Å². The molecule has 0 fully saturated rings. The number of nitrogens with zero attached hydrogens (tertiary/aromatic N) is 3. The topological polar surface area (TPSA) is 89.9 Å². The average molecular weight is 249 g/mol. The Kier molecular flexibility index (Phi) is 3.29. The van der Waals surface area contributed by atoms with Gasteiger partial charge >= 0.3 is 0 Å². The van der Waals surface area contributed by atoms with Gasteiger partial charge in [0, 0.05) is 0 Å². The predicted molar refractivity (Wildman–Crippen MR) is 66.5 cm³/mol. The molecule has 2 rings (SSSR count). The van der Waals surface area contributed by atoms with E-state index in [-0.39, 0.29) is 4.99 Å². The van der Waals surface area contributed by atoms with Crippen LogP contribution in [0.15, 0.2) is 23.0 Å². The number of hydrogen-bond acceptors (Lipinski definition) is 6. The molecule has 88 valence electrons. The number of nitrogens with one attached hydrogen (secondary N) is 1. The Morgan fingerprint density at radius 2 is 2.18 bits per heavy atom. The minimum atomic E-state index is 0.229. The van der Waals surface area contributed by atoms with Crippen LogP contribution in [0.5, 0.6) is 0 Å². The fraction of sp³-hybridized carbons (Fsp3) is 0.200. The fourth-order valence-electron chi connectivity index (χ4n) is 1.20. The molecule has 0 aliphatic heterocycles. The quantitative estimate of drug-likeness (QED) is 0.782. The molecule has 0 atom stereocenters. The molecule has 2 aromatic rings. The van der Waals surface area contributed by atoms with Crippen LogP contribution in [0.1, 0.15) is 17.3 Å². The predicted octanol–water partition coefficient (Wildman–Crippen LogP) is 1.02. The molecule has 7 heteroatoms. The molecular formula is C10H11N5OS. The molecule has 0 spiro atoms. The van der Waals surface area contributed by atoms with Gasteiger partial charge in [-0.15, -0.1) is 0 Å². The van der Waals surface area contributed by atoms with Gasteiger partial charge in [-0.05, 0) is 6.92 Å². The summed E-state index contributed by atoms with van der Waals surface area (Å²) in [5, 5.41) is 3.03. The lowest BCUT2D eigenvalue weighted by molar-refractivity contribution is 0.479. The van der Waals surface area contributed by atoms with Gasteiger partial charge in [0.15, 0.2) is 0 Å². The number of anilines is 1. The van der Waals surface area contributed by atoms with E-state index >= 15 is 0 Å². The molecular weight excluding hydrogens is 238 g/mol. The number of thiocarbonyl (C=S) groups is 1. The van der Waals surface area contributed by atoms with Gasteiger partial charge in [0.05, 0.1) is 25.1 Å². The number of aryl methyl sites for hydroxylation is 1. The fourth-order valence-corrected chi connectivity index (χ4v) is 1.30. The van der Waals surface area contributed by atoms with Crippen LogP contribution in [0.3, 0.4) is 0 Å². The standard InChI is InChI=1S/C10H11N5OS/c1-6-2-15-9(16-6)5-14-8-4-12-7(3-13-8)10(11)17/h2-4H,5H2,1H3,(H2,11,17)(H,13,14). The van der Waals surface area contributed by atoms with Crippen molar-refractivity contribution in [3.63, 3.8) is 0 Å². The first kappa shape index (κ1) is 11.5. The maximum atomic E-state index is 5.42. The van der Waals surface area contributed by atoms with E-state index in [2.05, 4.69) is 20.3 Å². The lowest BCUT2D eigenvalue weighted by Crippen LogP contribution is -2.12. The van der Waals surface area contributed by atoms with Crippen LogP contribution in [-0.2, 0) is 6.54 Å². The number of rotatable bonds is 4. The van der Waals surface area contributed by atoms with Gasteiger partial charge in [0.2, 0.25) is 5.89 Å². The summed E-state index contributed by atoms with van der Waals surface area (Å²) in [6, 6.07) is 0. The smallest absolute Gasteiger partial charge is 0.213 e. The van der Waals surface area contributed by atoms with E-state index in [1.54, 1.807) is 12.4 Å². The summed E-state index contributed by atoms with van der Waals surface area (Å²) in [5.74, 6) is 1.99. The van der Waals surface area contributed by atoms with E-state index in [1.165, 1.54) is 6.20 Å². The Hall–Kier alpha value is -2.02. The van der Waals surface area contributed by atoms with Crippen LogP contribution in [0.25, 0.3) is 0 Å². The minimum absolute atomic E-state index is 0.229. The molecule has 2 aromatic heterocycles. The highest BCUT2D eigenvalue weighted by Gasteiger charge is 2.02. The maximum absolute atomic E-state index is 5.42. The Balaban J connectivity index is 1.97. The summed E-state index contributed by atoms with van der Waals surface area (Å²) >= 11 is 4.78. The van der Waals surface area contributed by atoms with Gasteiger partial charge in [-0.1, -0.05) is 12.2 Å². The number of nitrogens with two attached hydrogens (primary N) is 1. The van der Waals surface area contributed by atoms with Crippen LogP contribution in [0.4, 0.5) is 5.82 Å². The second-order valence-corrected chi connectivity index (χ2v) is 3.81. The highest BCUT2D eigenvalue weighted by atomic mass is 32.1. The van der Waals surface area contributed by atoms with E-state index in [0.29, 0.717) is 23.9 Å². The van der Waals surface area contributed by atoms with Crippen molar-refractivity contribution >= 4 is 23.0 Å². The van der Waals surface area contributed by atoms with Crippen molar-refractivity contribution in [2.75, 3.05) is 5.32 Å². The van der Waals surface area contributed by atoms with Crippen molar-refractivity contribution in [1.29, 1.82) is 0 Å². The molecule has 0 saturated heterocycles.